The molecule has 0 fully saturated rings. The van der Waals surface area contributed by atoms with Gasteiger partial charge in [0.25, 0.3) is 0 Å². The van der Waals surface area contributed by atoms with E-state index in [9.17, 15) is 0 Å². The van der Waals surface area contributed by atoms with Gasteiger partial charge in [-0.2, -0.15) is 5.10 Å². The molecule has 1 heterocycles. The fourth-order valence-electron chi connectivity index (χ4n) is 3.94. The molecule has 0 spiro atoms. The molecule has 5 aromatic rings. The number of nitrogens with zero attached hydrogens (tertiary/aromatic N) is 3. The highest BCUT2D eigenvalue weighted by molar-refractivity contribution is 5.97. The fourth-order valence-corrected chi connectivity index (χ4v) is 3.94. The zero-order valence-corrected chi connectivity index (χ0v) is 19.3. The predicted octanol–water partition coefficient (Wildman–Crippen LogP) is 6.93. The van der Waals surface area contributed by atoms with Crippen LogP contribution in [0.5, 0.6) is 5.75 Å². The predicted molar refractivity (Wildman–Crippen MR) is 143 cm³/mol. The number of benzene rings is 4. The van der Waals surface area contributed by atoms with Crippen LogP contribution in [-0.4, -0.2) is 23.5 Å². The molecule has 5 heteroatoms. The van der Waals surface area contributed by atoms with Crippen LogP contribution in [0, 0.1) is 0 Å². The van der Waals surface area contributed by atoms with E-state index in [1.165, 1.54) is 0 Å². The van der Waals surface area contributed by atoms with Crippen LogP contribution in [0.1, 0.15) is 5.56 Å². The van der Waals surface area contributed by atoms with Crippen molar-refractivity contribution in [2.24, 2.45) is 5.10 Å². The molecule has 0 aliphatic rings. The molecule has 0 saturated carbocycles. The number of hydrogen-bond acceptors (Lipinski definition) is 5. The molecule has 0 bridgehead atoms. The minimum Gasteiger partial charge on any atom is -0.497 e. The molecule has 0 aliphatic heterocycles. The maximum absolute atomic E-state index is 5.23. The summed E-state index contributed by atoms with van der Waals surface area (Å²) in [6, 6.07) is 38.3. The van der Waals surface area contributed by atoms with Crippen molar-refractivity contribution in [1.29, 1.82) is 0 Å². The molecular weight excluding hydrogens is 432 g/mol. The van der Waals surface area contributed by atoms with E-state index >= 15 is 0 Å². The zero-order chi connectivity index (χ0) is 23.9. The summed E-state index contributed by atoms with van der Waals surface area (Å²) in [7, 11) is 1.65. The number of anilines is 1. The van der Waals surface area contributed by atoms with E-state index in [2.05, 4.69) is 57.1 Å². The van der Waals surface area contributed by atoms with Crippen molar-refractivity contribution in [2.45, 2.75) is 0 Å². The molecule has 0 aliphatic carbocycles. The summed E-state index contributed by atoms with van der Waals surface area (Å²) in [4.78, 5) is 0. The second kappa shape index (κ2) is 10.4. The molecule has 1 N–H and O–H groups in total. The molecule has 170 valence electrons. The number of hydrazone groups is 1. The number of aromatic nitrogens is 2. The first kappa shape index (κ1) is 22.0. The number of nitrogens with one attached hydrogen (secondary N) is 1. The number of methoxy groups -OCH3 is 1. The summed E-state index contributed by atoms with van der Waals surface area (Å²) in [5, 5.41) is 13.7. The molecule has 0 saturated heterocycles. The minimum absolute atomic E-state index is 0.583. The summed E-state index contributed by atoms with van der Waals surface area (Å²) in [5.74, 6) is 1.39. The van der Waals surface area contributed by atoms with E-state index in [0.717, 1.165) is 44.8 Å². The first-order valence-corrected chi connectivity index (χ1v) is 11.3. The van der Waals surface area contributed by atoms with Crippen LogP contribution in [0.25, 0.3) is 33.5 Å². The van der Waals surface area contributed by atoms with Gasteiger partial charge in [-0.15, -0.1) is 10.2 Å². The van der Waals surface area contributed by atoms with Crippen LogP contribution >= 0.6 is 0 Å². The lowest BCUT2D eigenvalue weighted by Crippen LogP contribution is -2.03. The van der Waals surface area contributed by atoms with Crippen molar-refractivity contribution >= 4 is 12.0 Å². The van der Waals surface area contributed by atoms with Crippen LogP contribution in [0.2, 0.25) is 0 Å². The Hall–Kier alpha value is -4.77. The highest BCUT2D eigenvalue weighted by atomic mass is 16.5. The van der Waals surface area contributed by atoms with Gasteiger partial charge in [-0.1, -0.05) is 91.0 Å². The van der Waals surface area contributed by atoms with E-state index in [-0.39, 0.29) is 0 Å². The molecular formula is C30H24N4O. The summed E-state index contributed by atoms with van der Waals surface area (Å²) in [6.45, 7) is 0. The standard InChI is InChI=1S/C30H24N4O/c1-35-26-19-17-22(18-20-26)21-31-33-30-28(24-13-7-3-8-14-24)27(23-11-5-2-6-12-23)29(32-34-30)25-15-9-4-10-16-25/h2-21H,1H3,(H,33,34). The first-order valence-electron chi connectivity index (χ1n) is 11.3. The van der Waals surface area contributed by atoms with Gasteiger partial charge in [0.2, 0.25) is 0 Å². The largest absolute Gasteiger partial charge is 0.497 e. The van der Waals surface area contributed by atoms with Crippen molar-refractivity contribution in [3.05, 3.63) is 121 Å². The molecule has 35 heavy (non-hydrogen) atoms. The number of rotatable bonds is 7. The van der Waals surface area contributed by atoms with E-state index in [1.807, 2.05) is 78.9 Å². The fraction of sp³-hybridized carbons (Fsp3) is 0.0333. The molecule has 0 amide bonds. The van der Waals surface area contributed by atoms with Gasteiger partial charge >= 0.3 is 0 Å². The molecule has 5 nitrogen and oxygen atoms in total. The van der Waals surface area contributed by atoms with Crippen molar-refractivity contribution in [1.82, 2.24) is 10.2 Å². The van der Waals surface area contributed by atoms with Gasteiger partial charge in [0.15, 0.2) is 5.82 Å². The van der Waals surface area contributed by atoms with Crippen molar-refractivity contribution in [3.63, 3.8) is 0 Å². The third-order valence-corrected chi connectivity index (χ3v) is 5.65. The lowest BCUT2D eigenvalue weighted by Gasteiger charge is -2.17. The van der Waals surface area contributed by atoms with E-state index in [4.69, 9.17) is 4.74 Å². The van der Waals surface area contributed by atoms with E-state index in [0.29, 0.717) is 5.82 Å². The molecule has 0 radical (unpaired) electrons. The Balaban J connectivity index is 1.65. The topological polar surface area (TPSA) is 59.4 Å². The average Bonchev–Trinajstić information content (AvgIpc) is 2.94. The van der Waals surface area contributed by atoms with Gasteiger partial charge < -0.3 is 4.74 Å². The smallest absolute Gasteiger partial charge is 0.177 e. The average molecular weight is 457 g/mol. The zero-order valence-electron chi connectivity index (χ0n) is 19.3. The monoisotopic (exact) mass is 456 g/mol. The summed E-state index contributed by atoms with van der Waals surface area (Å²) < 4.78 is 5.23. The quantitative estimate of drug-likeness (QED) is 0.213. The van der Waals surface area contributed by atoms with Gasteiger partial charge in [0.05, 0.1) is 13.3 Å². The molecule has 0 unspecified atom stereocenters. The molecule has 4 aromatic carbocycles. The van der Waals surface area contributed by atoms with Crippen LogP contribution in [0.4, 0.5) is 5.82 Å². The minimum atomic E-state index is 0.583. The van der Waals surface area contributed by atoms with Crippen LogP contribution < -0.4 is 10.2 Å². The van der Waals surface area contributed by atoms with Gasteiger partial charge in [-0.05, 0) is 41.0 Å². The molecule has 1 aromatic heterocycles. The summed E-state index contributed by atoms with van der Waals surface area (Å²) in [6.07, 6.45) is 1.75. The maximum atomic E-state index is 5.23. The second-order valence-electron chi connectivity index (χ2n) is 7.89. The van der Waals surface area contributed by atoms with E-state index < -0.39 is 0 Å². The summed E-state index contributed by atoms with van der Waals surface area (Å²) in [5.41, 5.74) is 9.94. The van der Waals surface area contributed by atoms with Crippen molar-refractivity contribution in [3.8, 4) is 39.3 Å². The van der Waals surface area contributed by atoms with Gasteiger partial charge in [-0.3, -0.25) is 5.43 Å². The van der Waals surface area contributed by atoms with Gasteiger partial charge in [0.1, 0.15) is 11.4 Å². The van der Waals surface area contributed by atoms with Crippen molar-refractivity contribution in [2.75, 3.05) is 12.5 Å². The number of hydrogen-bond donors (Lipinski definition) is 1. The molecule has 0 atom stereocenters. The van der Waals surface area contributed by atoms with Crippen LogP contribution in [0.3, 0.4) is 0 Å². The highest BCUT2D eigenvalue weighted by Crippen LogP contribution is 2.41. The Morgan fingerprint density at radius 3 is 1.74 bits per heavy atom. The molecule has 5 rings (SSSR count). The normalized spacial score (nSPS) is 10.9. The summed E-state index contributed by atoms with van der Waals surface area (Å²) >= 11 is 0. The Bertz CT molecular complexity index is 1420. The van der Waals surface area contributed by atoms with E-state index in [1.54, 1.807) is 13.3 Å². The Morgan fingerprint density at radius 1 is 0.629 bits per heavy atom. The Morgan fingerprint density at radius 2 is 1.17 bits per heavy atom. The Labute approximate surface area is 204 Å². The van der Waals surface area contributed by atoms with Crippen LogP contribution in [0.15, 0.2) is 120 Å². The lowest BCUT2D eigenvalue weighted by atomic mass is 9.91. The SMILES string of the molecule is COc1ccc(C=NNc2nnc(-c3ccccc3)c(-c3ccccc3)c2-c2ccccc2)cc1. The maximum Gasteiger partial charge on any atom is 0.177 e. The third kappa shape index (κ3) is 4.94. The lowest BCUT2D eigenvalue weighted by molar-refractivity contribution is 0.415. The van der Waals surface area contributed by atoms with Gasteiger partial charge in [-0.25, -0.2) is 0 Å². The van der Waals surface area contributed by atoms with Crippen LogP contribution in [-0.2, 0) is 0 Å². The first-order chi connectivity index (χ1) is 17.3. The Kier molecular flexibility index (Phi) is 6.58. The van der Waals surface area contributed by atoms with Gasteiger partial charge in [0, 0.05) is 16.7 Å². The third-order valence-electron chi connectivity index (χ3n) is 5.65. The number of ether oxygens (including phenoxy) is 1. The second-order valence-corrected chi connectivity index (χ2v) is 7.89. The highest BCUT2D eigenvalue weighted by Gasteiger charge is 2.20. The van der Waals surface area contributed by atoms with Crippen molar-refractivity contribution < 1.29 is 4.74 Å².